The molecule has 2 heterocycles. The van der Waals surface area contributed by atoms with Gasteiger partial charge in [-0.3, -0.25) is 9.59 Å². The number of aromatic amines is 2. The Labute approximate surface area is 93.0 Å². The standard InChI is InChI=1S/2C6H7NO/c2*1-5-3-2-4-7-6(5)8/h2*2-4H,1H3,(H,7,8). The third kappa shape index (κ3) is 3.57. The van der Waals surface area contributed by atoms with Crippen molar-refractivity contribution < 1.29 is 0 Å². The lowest BCUT2D eigenvalue weighted by molar-refractivity contribution is 1.18. The third-order valence-corrected chi connectivity index (χ3v) is 2.03. The number of nitrogens with one attached hydrogen (secondary N) is 2. The summed E-state index contributed by atoms with van der Waals surface area (Å²) in [5.74, 6) is 0. The lowest BCUT2D eigenvalue weighted by Crippen LogP contribution is -2.06. The molecule has 4 nitrogen and oxygen atoms in total. The van der Waals surface area contributed by atoms with Crippen molar-refractivity contribution >= 4 is 0 Å². The summed E-state index contributed by atoms with van der Waals surface area (Å²) >= 11 is 0. The van der Waals surface area contributed by atoms with Crippen molar-refractivity contribution in [3.05, 3.63) is 68.5 Å². The average Bonchev–Trinajstić information content (AvgIpc) is 2.28. The minimum atomic E-state index is -0.00694. The molecule has 0 aliphatic heterocycles. The predicted octanol–water partition coefficient (Wildman–Crippen LogP) is 1.37. The Kier molecular flexibility index (Phi) is 4.27. The highest BCUT2D eigenvalue weighted by Crippen LogP contribution is 1.81. The lowest BCUT2D eigenvalue weighted by atomic mass is 10.3. The molecule has 0 atom stereocenters. The van der Waals surface area contributed by atoms with Crippen LogP contribution in [0.4, 0.5) is 0 Å². The van der Waals surface area contributed by atoms with E-state index in [4.69, 9.17) is 0 Å². The number of pyridine rings is 2. The van der Waals surface area contributed by atoms with E-state index in [1.54, 1.807) is 50.5 Å². The molecule has 2 aromatic heterocycles. The van der Waals surface area contributed by atoms with Crippen LogP contribution in [-0.2, 0) is 0 Å². The summed E-state index contributed by atoms with van der Waals surface area (Å²) in [6.07, 6.45) is 3.24. The predicted molar refractivity (Wildman–Crippen MR) is 63.6 cm³/mol. The quantitative estimate of drug-likeness (QED) is 0.701. The van der Waals surface area contributed by atoms with Gasteiger partial charge in [0.15, 0.2) is 0 Å². The molecular formula is C12H14N2O2. The molecule has 0 radical (unpaired) electrons. The zero-order valence-electron chi connectivity index (χ0n) is 9.28. The van der Waals surface area contributed by atoms with Crippen LogP contribution in [0.2, 0.25) is 0 Å². The Morgan fingerprint density at radius 3 is 1.38 bits per heavy atom. The Bertz CT molecular complexity index is 503. The van der Waals surface area contributed by atoms with Crippen molar-refractivity contribution in [1.82, 2.24) is 9.97 Å². The fraction of sp³-hybridized carbons (Fsp3) is 0.167. The number of aromatic nitrogens is 2. The van der Waals surface area contributed by atoms with Crippen molar-refractivity contribution in [2.45, 2.75) is 13.8 Å². The summed E-state index contributed by atoms with van der Waals surface area (Å²) in [7, 11) is 0. The molecule has 0 fully saturated rings. The minimum absolute atomic E-state index is 0.00694. The van der Waals surface area contributed by atoms with Crippen molar-refractivity contribution in [3.63, 3.8) is 0 Å². The topological polar surface area (TPSA) is 65.7 Å². The van der Waals surface area contributed by atoms with Gasteiger partial charge in [0.25, 0.3) is 11.1 Å². The molecule has 0 aliphatic rings. The Balaban J connectivity index is 0.000000160. The highest BCUT2D eigenvalue weighted by atomic mass is 16.1. The zero-order valence-corrected chi connectivity index (χ0v) is 9.28. The number of rotatable bonds is 0. The second-order valence-electron chi connectivity index (χ2n) is 3.36. The van der Waals surface area contributed by atoms with Crippen molar-refractivity contribution in [2.75, 3.05) is 0 Å². The Morgan fingerprint density at radius 2 is 1.19 bits per heavy atom. The normalized spacial score (nSPS) is 9.12. The molecule has 0 unspecified atom stereocenters. The van der Waals surface area contributed by atoms with Gasteiger partial charge in [0.05, 0.1) is 0 Å². The van der Waals surface area contributed by atoms with E-state index in [0.29, 0.717) is 0 Å². The maximum absolute atomic E-state index is 10.6. The summed E-state index contributed by atoms with van der Waals surface area (Å²) in [4.78, 5) is 26.2. The number of hydrogen-bond acceptors (Lipinski definition) is 2. The molecule has 0 aliphatic carbocycles. The van der Waals surface area contributed by atoms with E-state index in [9.17, 15) is 9.59 Å². The van der Waals surface area contributed by atoms with Crippen LogP contribution >= 0.6 is 0 Å². The fourth-order valence-electron chi connectivity index (χ4n) is 1.01. The van der Waals surface area contributed by atoms with Gasteiger partial charge in [-0.25, -0.2) is 0 Å². The van der Waals surface area contributed by atoms with E-state index in [1.165, 1.54) is 0 Å². The number of hydrogen-bond donors (Lipinski definition) is 2. The van der Waals surface area contributed by atoms with E-state index in [1.807, 2.05) is 0 Å². The third-order valence-electron chi connectivity index (χ3n) is 2.03. The fourth-order valence-corrected chi connectivity index (χ4v) is 1.01. The van der Waals surface area contributed by atoms with Crippen LogP contribution < -0.4 is 11.1 Å². The summed E-state index contributed by atoms with van der Waals surface area (Å²) in [5, 5.41) is 0. The molecule has 0 saturated carbocycles. The van der Waals surface area contributed by atoms with Gasteiger partial charge in [-0.1, -0.05) is 12.1 Å². The van der Waals surface area contributed by atoms with E-state index in [-0.39, 0.29) is 11.1 Å². The van der Waals surface area contributed by atoms with Crippen molar-refractivity contribution in [1.29, 1.82) is 0 Å². The zero-order chi connectivity index (χ0) is 12.0. The van der Waals surface area contributed by atoms with Gasteiger partial charge in [-0.2, -0.15) is 0 Å². The van der Waals surface area contributed by atoms with Gasteiger partial charge in [-0.05, 0) is 26.0 Å². The van der Waals surface area contributed by atoms with Crippen LogP contribution in [0, 0.1) is 13.8 Å². The molecule has 16 heavy (non-hydrogen) atoms. The van der Waals surface area contributed by atoms with E-state index >= 15 is 0 Å². The molecule has 0 aromatic carbocycles. The minimum Gasteiger partial charge on any atom is -0.329 e. The van der Waals surface area contributed by atoms with E-state index in [2.05, 4.69) is 9.97 Å². The van der Waals surface area contributed by atoms with Crippen LogP contribution in [0.25, 0.3) is 0 Å². The summed E-state index contributed by atoms with van der Waals surface area (Å²) in [5.41, 5.74) is 1.50. The number of H-pyrrole nitrogens is 2. The van der Waals surface area contributed by atoms with Gasteiger partial charge in [-0.15, -0.1) is 0 Å². The molecule has 2 aromatic rings. The summed E-state index contributed by atoms with van der Waals surface area (Å²) in [6, 6.07) is 7.16. The van der Waals surface area contributed by atoms with Crippen molar-refractivity contribution in [2.24, 2.45) is 0 Å². The maximum atomic E-state index is 10.6. The molecule has 0 bridgehead atoms. The Morgan fingerprint density at radius 1 is 0.812 bits per heavy atom. The summed E-state index contributed by atoms with van der Waals surface area (Å²) in [6.45, 7) is 3.55. The molecule has 0 spiro atoms. The maximum Gasteiger partial charge on any atom is 0.250 e. The first kappa shape index (κ1) is 12.0. The van der Waals surface area contributed by atoms with E-state index in [0.717, 1.165) is 11.1 Å². The highest BCUT2D eigenvalue weighted by Gasteiger charge is 1.84. The van der Waals surface area contributed by atoms with Gasteiger partial charge in [0, 0.05) is 23.5 Å². The van der Waals surface area contributed by atoms with Crippen LogP contribution in [0.1, 0.15) is 11.1 Å². The molecule has 0 amide bonds. The van der Waals surface area contributed by atoms with Gasteiger partial charge < -0.3 is 9.97 Å². The smallest absolute Gasteiger partial charge is 0.250 e. The van der Waals surface area contributed by atoms with E-state index < -0.39 is 0 Å². The lowest BCUT2D eigenvalue weighted by Gasteiger charge is -1.83. The summed E-state index contributed by atoms with van der Waals surface area (Å²) < 4.78 is 0. The molecule has 0 saturated heterocycles. The molecule has 84 valence electrons. The van der Waals surface area contributed by atoms with Crippen molar-refractivity contribution in [3.8, 4) is 0 Å². The monoisotopic (exact) mass is 218 g/mol. The number of aryl methyl sites for hydroxylation is 2. The van der Waals surface area contributed by atoms with Crippen LogP contribution in [-0.4, -0.2) is 9.97 Å². The first-order valence-electron chi connectivity index (χ1n) is 4.90. The van der Waals surface area contributed by atoms with Gasteiger partial charge in [0.1, 0.15) is 0 Å². The first-order valence-corrected chi connectivity index (χ1v) is 4.90. The van der Waals surface area contributed by atoms with Crippen LogP contribution in [0.15, 0.2) is 46.2 Å². The van der Waals surface area contributed by atoms with Crippen LogP contribution in [0.3, 0.4) is 0 Å². The van der Waals surface area contributed by atoms with Crippen LogP contribution in [0.5, 0.6) is 0 Å². The largest absolute Gasteiger partial charge is 0.329 e. The molecule has 2 rings (SSSR count). The SMILES string of the molecule is Cc1ccc[nH]c1=O.Cc1ccc[nH]c1=O. The second-order valence-corrected chi connectivity index (χ2v) is 3.36. The van der Waals surface area contributed by atoms with Gasteiger partial charge >= 0.3 is 0 Å². The molecule has 2 N–H and O–H groups in total. The first-order chi connectivity index (χ1) is 7.61. The molecule has 4 heteroatoms. The highest BCUT2D eigenvalue weighted by molar-refractivity contribution is 5.05. The molecular weight excluding hydrogens is 204 g/mol. The second kappa shape index (κ2) is 5.70. The van der Waals surface area contributed by atoms with Gasteiger partial charge in [0.2, 0.25) is 0 Å². The average molecular weight is 218 g/mol. The Hall–Kier alpha value is -2.10.